The van der Waals surface area contributed by atoms with Crippen LogP contribution in [0.3, 0.4) is 0 Å². The highest BCUT2D eigenvalue weighted by Gasteiger charge is 2.17. The number of rotatable bonds is 4. The van der Waals surface area contributed by atoms with Gasteiger partial charge in [-0.15, -0.1) is 0 Å². The van der Waals surface area contributed by atoms with Crippen LogP contribution in [0.2, 0.25) is 0 Å². The SMILES string of the molecule is O=C(Cn1ccccc1=O)N/N=C\c1cc(Br)c2c(c1)OCO2. The van der Waals surface area contributed by atoms with Crippen molar-refractivity contribution in [1.29, 1.82) is 0 Å². The normalized spacial score (nSPS) is 12.6. The Bertz CT molecular complexity index is 832. The number of nitrogens with one attached hydrogen (secondary N) is 1. The number of carbonyl (C=O) groups is 1. The van der Waals surface area contributed by atoms with E-state index in [1.54, 1.807) is 30.5 Å². The van der Waals surface area contributed by atoms with E-state index in [9.17, 15) is 9.59 Å². The summed E-state index contributed by atoms with van der Waals surface area (Å²) in [5.41, 5.74) is 2.87. The molecule has 1 aliphatic heterocycles. The second-order valence-corrected chi connectivity index (χ2v) is 5.55. The van der Waals surface area contributed by atoms with Crippen LogP contribution in [-0.2, 0) is 11.3 Å². The number of nitrogens with zero attached hydrogens (tertiary/aromatic N) is 2. The van der Waals surface area contributed by atoms with Crippen molar-refractivity contribution in [3.8, 4) is 11.5 Å². The standard InChI is InChI=1S/C15H12BrN3O4/c16-11-5-10(6-12-15(11)23-9-22-12)7-17-18-13(20)8-19-4-2-1-3-14(19)21/h1-7H,8-9H2,(H,18,20)/b17-7-. The molecular weight excluding hydrogens is 366 g/mol. The van der Waals surface area contributed by atoms with Gasteiger partial charge in [0, 0.05) is 12.3 Å². The van der Waals surface area contributed by atoms with Gasteiger partial charge in [-0.1, -0.05) is 6.07 Å². The third-order valence-electron chi connectivity index (χ3n) is 3.07. The Kier molecular flexibility index (Phi) is 4.42. The van der Waals surface area contributed by atoms with Gasteiger partial charge in [0.2, 0.25) is 6.79 Å². The first-order valence-electron chi connectivity index (χ1n) is 6.70. The molecule has 3 rings (SSSR count). The predicted molar refractivity (Wildman–Crippen MR) is 86.7 cm³/mol. The molecule has 0 bridgehead atoms. The number of halogens is 1. The second kappa shape index (κ2) is 6.66. The van der Waals surface area contributed by atoms with E-state index in [0.29, 0.717) is 11.5 Å². The summed E-state index contributed by atoms with van der Waals surface area (Å²) in [7, 11) is 0. The molecule has 0 saturated carbocycles. The summed E-state index contributed by atoms with van der Waals surface area (Å²) in [5.74, 6) is 0.868. The molecule has 1 N–H and O–H groups in total. The van der Waals surface area contributed by atoms with E-state index < -0.39 is 5.91 Å². The number of carbonyl (C=O) groups excluding carboxylic acids is 1. The van der Waals surface area contributed by atoms with Crippen LogP contribution in [0.1, 0.15) is 5.56 Å². The molecule has 0 aliphatic carbocycles. The van der Waals surface area contributed by atoms with Crippen LogP contribution in [-0.4, -0.2) is 23.5 Å². The highest BCUT2D eigenvalue weighted by Crippen LogP contribution is 2.39. The van der Waals surface area contributed by atoms with Crippen LogP contribution in [0.5, 0.6) is 11.5 Å². The van der Waals surface area contributed by atoms with Crippen molar-refractivity contribution >= 4 is 28.1 Å². The van der Waals surface area contributed by atoms with Gasteiger partial charge in [0.25, 0.3) is 11.5 Å². The summed E-state index contributed by atoms with van der Waals surface area (Å²) in [5, 5.41) is 3.88. The molecule has 1 aromatic carbocycles. The molecule has 2 aromatic rings. The van der Waals surface area contributed by atoms with Crippen molar-refractivity contribution in [3.63, 3.8) is 0 Å². The van der Waals surface area contributed by atoms with Crippen molar-refractivity contribution in [2.24, 2.45) is 5.10 Å². The number of hydrazone groups is 1. The van der Waals surface area contributed by atoms with Crippen molar-refractivity contribution in [3.05, 3.63) is 56.9 Å². The van der Waals surface area contributed by atoms with Gasteiger partial charge in [0.05, 0.1) is 10.7 Å². The number of ether oxygens (including phenoxy) is 2. The molecular formula is C15H12BrN3O4. The topological polar surface area (TPSA) is 81.9 Å². The molecule has 7 nitrogen and oxygen atoms in total. The van der Waals surface area contributed by atoms with Gasteiger partial charge in [-0.25, -0.2) is 5.43 Å². The average Bonchev–Trinajstić information content (AvgIpc) is 2.99. The smallest absolute Gasteiger partial charge is 0.260 e. The molecule has 0 saturated heterocycles. The molecule has 0 unspecified atom stereocenters. The molecule has 0 fully saturated rings. The van der Waals surface area contributed by atoms with Gasteiger partial charge in [0.15, 0.2) is 11.5 Å². The maximum absolute atomic E-state index is 11.8. The highest BCUT2D eigenvalue weighted by atomic mass is 79.9. The van der Waals surface area contributed by atoms with Gasteiger partial charge in [-0.05, 0) is 39.7 Å². The Labute approximate surface area is 139 Å². The minimum Gasteiger partial charge on any atom is -0.454 e. The monoisotopic (exact) mass is 377 g/mol. The molecule has 0 radical (unpaired) electrons. The molecule has 118 valence electrons. The molecule has 0 spiro atoms. The third-order valence-corrected chi connectivity index (χ3v) is 3.65. The molecule has 2 heterocycles. The van der Waals surface area contributed by atoms with Crippen LogP contribution in [0.25, 0.3) is 0 Å². The number of fused-ring (bicyclic) bond motifs is 1. The lowest BCUT2D eigenvalue weighted by Crippen LogP contribution is -2.28. The summed E-state index contributed by atoms with van der Waals surface area (Å²) in [6.45, 7) is 0.0823. The molecule has 1 amide bonds. The van der Waals surface area contributed by atoms with Crippen molar-refractivity contribution in [2.75, 3.05) is 6.79 Å². The third kappa shape index (κ3) is 3.59. The molecule has 8 heteroatoms. The Morgan fingerprint density at radius 1 is 1.39 bits per heavy atom. The first-order valence-corrected chi connectivity index (χ1v) is 7.49. The maximum atomic E-state index is 11.8. The van der Waals surface area contributed by atoms with Crippen molar-refractivity contribution < 1.29 is 14.3 Å². The summed E-state index contributed by atoms with van der Waals surface area (Å²) < 4.78 is 12.6. The molecule has 1 aliphatic rings. The van der Waals surface area contributed by atoms with E-state index in [4.69, 9.17) is 9.47 Å². The summed E-state index contributed by atoms with van der Waals surface area (Å²) in [4.78, 5) is 23.3. The fourth-order valence-electron chi connectivity index (χ4n) is 2.02. The van der Waals surface area contributed by atoms with Crippen LogP contribution in [0.15, 0.2) is 50.9 Å². The summed E-state index contributed by atoms with van der Waals surface area (Å²) in [6.07, 6.45) is 3.03. The Morgan fingerprint density at radius 3 is 3.09 bits per heavy atom. The lowest BCUT2D eigenvalue weighted by molar-refractivity contribution is -0.121. The van der Waals surface area contributed by atoms with Gasteiger partial charge in [-0.2, -0.15) is 5.10 Å². The van der Waals surface area contributed by atoms with Crippen LogP contribution < -0.4 is 20.5 Å². The van der Waals surface area contributed by atoms with Gasteiger partial charge >= 0.3 is 0 Å². The lowest BCUT2D eigenvalue weighted by Gasteiger charge is -2.03. The average molecular weight is 378 g/mol. The minimum atomic E-state index is -0.394. The first kappa shape index (κ1) is 15.3. The van der Waals surface area contributed by atoms with Gasteiger partial charge in [0.1, 0.15) is 6.54 Å². The fraction of sp³-hybridized carbons (Fsp3) is 0.133. The number of amides is 1. The Balaban J connectivity index is 1.63. The number of pyridine rings is 1. The van der Waals surface area contributed by atoms with E-state index in [0.717, 1.165) is 10.0 Å². The van der Waals surface area contributed by atoms with E-state index in [2.05, 4.69) is 26.5 Å². The predicted octanol–water partition coefficient (Wildman–Crippen LogP) is 1.49. The fourth-order valence-corrected chi connectivity index (χ4v) is 2.60. The number of aromatic nitrogens is 1. The quantitative estimate of drug-likeness (QED) is 0.646. The molecule has 1 aromatic heterocycles. The van der Waals surface area contributed by atoms with Crippen LogP contribution in [0, 0.1) is 0 Å². The lowest BCUT2D eigenvalue weighted by atomic mass is 10.2. The minimum absolute atomic E-state index is 0.0954. The second-order valence-electron chi connectivity index (χ2n) is 4.70. The highest BCUT2D eigenvalue weighted by molar-refractivity contribution is 9.10. The zero-order valence-electron chi connectivity index (χ0n) is 11.9. The Hall–Kier alpha value is -2.61. The molecule has 23 heavy (non-hydrogen) atoms. The summed E-state index contributed by atoms with van der Waals surface area (Å²) in [6, 6.07) is 8.24. The summed E-state index contributed by atoms with van der Waals surface area (Å²) >= 11 is 3.38. The van der Waals surface area contributed by atoms with Gasteiger partial charge in [-0.3, -0.25) is 9.59 Å². The Morgan fingerprint density at radius 2 is 2.26 bits per heavy atom. The van der Waals surface area contributed by atoms with E-state index >= 15 is 0 Å². The van der Waals surface area contributed by atoms with Crippen LogP contribution >= 0.6 is 15.9 Å². The van der Waals surface area contributed by atoms with Crippen molar-refractivity contribution in [2.45, 2.75) is 6.54 Å². The van der Waals surface area contributed by atoms with E-state index in [1.165, 1.54) is 16.8 Å². The largest absolute Gasteiger partial charge is 0.454 e. The van der Waals surface area contributed by atoms with Crippen molar-refractivity contribution in [1.82, 2.24) is 9.99 Å². The maximum Gasteiger partial charge on any atom is 0.260 e. The first-order chi connectivity index (χ1) is 11.1. The van der Waals surface area contributed by atoms with Gasteiger partial charge < -0.3 is 14.0 Å². The van der Waals surface area contributed by atoms with Crippen LogP contribution in [0.4, 0.5) is 0 Å². The number of benzene rings is 1. The zero-order chi connectivity index (χ0) is 16.2. The molecule has 0 atom stereocenters. The zero-order valence-corrected chi connectivity index (χ0v) is 13.4. The number of hydrogen-bond donors (Lipinski definition) is 1. The van der Waals surface area contributed by atoms with E-state index in [1.807, 2.05) is 0 Å². The number of hydrogen-bond acceptors (Lipinski definition) is 5. The van der Waals surface area contributed by atoms with E-state index in [-0.39, 0.29) is 18.9 Å².